The molecule has 1 aromatic rings. The Hall–Kier alpha value is -1.13. The second-order valence-electron chi connectivity index (χ2n) is 5.30. The molecule has 0 aliphatic carbocycles. The lowest BCUT2D eigenvalue weighted by Crippen LogP contribution is -2.39. The highest BCUT2D eigenvalue weighted by Gasteiger charge is 2.24. The van der Waals surface area contributed by atoms with Crippen molar-refractivity contribution >= 4 is 18.9 Å². The maximum atomic E-state index is 11.1. The number of benzene rings is 1. The Balaban J connectivity index is 2.02. The zero-order chi connectivity index (χ0) is 14.0. The smallest absolute Gasteiger partial charge is 0.407 e. The van der Waals surface area contributed by atoms with E-state index in [-0.39, 0.29) is 0 Å². The molecule has 1 aliphatic rings. The van der Waals surface area contributed by atoms with E-state index in [0.29, 0.717) is 18.8 Å². The Bertz CT molecular complexity index is 396. The number of aldehydes is 1. The van der Waals surface area contributed by atoms with Crippen molar-refractivity contribution in [3.05, 3.63) is 29.8 Å². The predicted molar refractivity (Wildman–Crippen MR) is 81.4 cm³/mol. The molecule has 0 spiro atoms. The average Bonchev–Trinajstić information content (AvgIpc) is 2.48. The van der Waals surface area contributed by atoms with E-state index in [2.05, 4.69) is 0 Å². The first-order valence-electron chi connectivity index (χ1n) is 7.69. The van der Waals surface area contributed by atoms with Crippen LogP contribution in [0.5, 0.6) is 0 Å². The van der Waals surface area contributed by atoms with Crippen LogP contribution in [0, 0.1) is 0 Å². The quantitative estimate of drug-likeness (QED) is 0.614. The Kier molecular flexibility index (Phi) is 6.82. The van der Waals surface area contributed by atoms with Gasteiger partial charge in [0.2, 0.25) is 0 Å². The third-order valence-electron chi connectivity index (χ3n) is 3.70. The summed E-state index contributed by atoms with van der Waals surface area (Å²) < 4.78 is 11.7. The summed E-state index contributed by atoms with van der Waals surface area (Å²) in [6.07, 6.45) is 9.31. The van der Waals surface area contributed by atoms with Gasteiger partial charge in [-0.25, -0.2) is 0 Å². The summed E-state index contributed by atoms with van der Waals surface area (Å²) >= 11 is 0. The zero-order valence-corrected chi connectivity index (χ0v) is 12.1. The van der Waals surface area contributed by atoms with Gasteiger partial charge in [0.1, 0.15) is 6.29 Å². The van der Waals surface area contributed by atoms with E-state index in [1.165, 1.54) is 32.1 Å². The van der Waals surface area contributed by atoms with Gasteiger partial charge in [-0.1, -0.05) is 56.4 Å². The number of carbonyl (C=O) groups is 1. The first-order chi connectivity index (χ1) is 9.92. The summed E-state index contributed by atoms with van der Waals surface area (Å²) in [4.78, 5) is 11.1. The molecule has 0 aromatic heterocycles. The van der Waals surface area contributed by atoms with Gasteiger partial charge in [0, 0.05) is 18.8 Å². The fourth-order valence-corrected chi connectivity index (χ4v) is 2.53. The highest BCUT2D eigenvalue weighted by Crippen LogP contribution is 2.10. The summed E-state index contributed by atoms with van der Waals surface area (Å²) in [6, 6.07) is 7.51. The molecule has 1 heterocycles. The third kappa shape index (κ3) is 4.76. The van der Waals surface area contributed by atoms with E-state index >= 15 is 0 Å². The molecule has 1 fully saturated rings. The molecule has 1 aromatic carbocycles. The van der Waals surface area contributed by atoms with E-state index in [4.69, 9.17) is 9.31 Å². The van der Waals surface area contributed by atoms with E-state index in [1.54, 1.807) is 0 Å². The lowest BCUT2D eigenvalue weighted by Gasteiger charge is -2.17. The van der Waals surface area contributed by atoms with Crippen LogP contribution in [0.1, 0.15) is 55.3 Å². The molecule has 0 radical (unpaired) electrons. The van der Waals surface area contributed by atoms with Crippen molar-refractivity contribution in [1.82, 2.24) is 0 Å². The summed E-state index contributed by atoms with van der Waals surface area (Å²) in [5.74, 6) is 0. The molecule has 0 amide bonds. The van der Waals surface area contributed by atoms with Crippen molar-refractivity contribution in [2.75, 3.05) is 13.2 Å². The van der Waals surface area contributed by atoms with Crippen LogP contribution in [-0.4, -0.2) is 26.6 Å². The van der Waals surface area contributed by atoms with Crippen molar-refractivity contribution in [3.63, 3.8) is 0 Å². The van der Waals surface area contributed by atoms with Crippen LogP contribution in [0.3, 0.4) is 0 Å². The van der Waals surface area contributed by atoms with Crippen LogP contribution in [-0.2, 0) is 9.31 Å². The Morgan fingerprint density at radius 3 is 2.00 bits per heavy atom. The highest BCUT2D eigenvalue weighted by molar-refractivity contribution is 6.62. The van der Waals surface area contributed by atoms with E-state index in [9.17, 15) is 4.79 Å². The minimum absolute atomic E-state index is 0.407. The van der Waals surface area contributed by atoms with Crippen LogP contribution in [0.2, 0.25) is 0 Å². The van der Waals surface area contributed by atoms with Gasteiger partial charge in [-0.15, -0.1) is 0 Å². The summed E-state index contributed by atoms with van der Waals surface area (Å²) in [5, 5.41) is 0. The second kappa shape index (κ2) is 8.93. The molecule has 1 aliphatic heterocycles. The molecule has 0 atom stereocenters. The van der Waals surface area contributed by atoms with Crippen LogP contribution in [0.15, 0.2) is 24.3 Å². The monoisotopic (exact) mass is 274 g/mol. The molecule has 3 nitrogen and oxygen atoms in total. The first kappa shape index (κ1) is 15.3. The average molecular weight is 274 g/mol. The van der Waals surface area contributed by atoms with Crippen LogP contribution < -0.4 is 5.46 Å². The fraction of sp³-hybridized carbons (Fsp3) is 0.562. The molecule has 108 valence electrons. The van der Waals surface area contributed by atoms with Gasteiger partial charge in [-0.3, -0.25) is 4.79 Å². The zero-order valence-electron chi connectivity index (χ0n) is 12.1. The standard InChI is InChI=1S/C16H23BO3/c18-14-15-10-6-7-11-16(15)17-19-12-8-4-2-1-3-5-9-13-20-17/h6-7,10-11,14H,1-5,8-9,12-13H2. The van der Waals surface area contributed by atoms with Gasteiger partial charge in [0.25, 0.3) is 0 Å². The van der Waals surface area contributed by atoms with Gasteiger partial charge < -0.3 is 9.31 Å². The maximum absolute atomic E-state index is 11.1. The molecule has 2 rings (SSSR count). The normalized spacial score (nSPS) is 18.9. The fourth-order valence-electron chi connectivity index (χ4n) is 2.53. The van der Waals surface area contributed by atoms with E-state index in [0.717, 1.165) is 24.6 Å². The minimum atomic E-state index is -0.407. The van der Waals surface area contributed by atoms with Crippen LogP contribution >= 0.6 is 0 Å². The number of hydrogen-bond acceptors (Lipinski definition) is 3. The van der Waals surface area contributed by atoms with Crippen molar-refractivity contribution < 1.29 is 14.1 Å². The second-order valence-corrected chi connectivity index (χ2v) is 5.30. The van der Waals surface area contributed by atoms with Crippen LogP contribution in [0.25, 0.3) is 0 Å². The topological polar surface area (TPSA) is 35.5 Å². The highest BCUT2D eigenvalue weighted by atomic mass is 16.6. The third-order valence-corrected chi connectivity index (χ3v) is 3.70. The molecular formula is C16H23BO3. The van der Waals surface area contributed by atoms with Crippen molar-refractivity contribution in [2.24, 2.45) is 0 Å². The van der Waals surface area contributed by atoms with Gasteiger partial charge in [-0.05, 0) is 18.3 Å². The number of rotatable bonds is 2. The lowest BCUT2D eigenvalue weighted by atomic mass is 9.75. The maximum Gasteiger partial charge on any atom is 0.494 e. The van der Waals surface area contributed by atoms with Crippen LogP contribution in [0.4, 0.5) is 0 Å². The number of hydrogen-bond donors (Lipinski definition) is 0. The SMILES string of the molecule is O=Cc1ccccc1B1OCCCCCCCCCO1. The van der Waals surface area contributed by atoms with E-state index < -0.39 is 7.12 Å². The molecule has 0 bridgehead atoms. The molecule has 0 saturated carbocycles. The van der Waals surface area contributed by atoms with Gasteiger partial charge >= 0.3 is 7.12 Å². The molecule has 4 heteroatoms. The van der Waals surface area contributed by atoms with Gasteiger partial charge in [-0.2, -0.15) is 0 Å². The summed E-state index contributed by atoms with van der Waals surface area (Å²) in [5.41, 5.74) is 1.50. The minimum Gasteiger partial charge on any atom is -0.407 e. The Morgan fingerprint density at radius 1 is 0.850 bits per heavy atom. The van der Waals surface area contributed by atoms with Gasteiger partial charge in [0.05, 0.1) is 0 Å². The lowest BCUT2D eigenvalue weighted by molar-refractivity contribution is 0.112. The Labute approximate surface area is 121 Å². The Morgan fingerprint density at radius 2 is 1.40 bits per heavy atom. The molecule has 0 N–H and O–H groups in total. The largest absolute Gasteiger partial charge is 0.494 e. The van der Waals surface area contributed by atoms with Crippen molar-refractivity contribution in [1.29, 1.82) is 0 Å². The van der Waals surface area contributed by atoms with Gasteiger partial charge in [0.15, 0.2) is 0 Å². The molecular weight excluding hydrogens is 251 g/mol. The van der Waals surface area contributed by atoms with Crippen molar-refractivity contribution in [3.8, 4) is 0 Å². The first-order valence-corrected chi connectivity index (χ1v) is 7.69. The summed E-state index contributed by atoms with van der Waals surface area (Å²) in [6.45, 7) is 1.38. The number of carbonyl (C=O) groups excluding carboxylic acids is 1. The predicted octanol–water partition coefficient (Wildman–Crippen LogP) is 2.97. The molecule has 0 unspecified atom stereocenters. The molecule has 1 saturated heterocycles. The molecule has 20 heavy (non-hydrogen) atoms. The summed E-state index contributed by atoms with van der Waals surface area (Å²) in [7, 11) is -0.407. The van der Waals surface area contributed by atoms with Crippen molar-refractivity contribution in [2.45, 2.75) is 44.9 Å². The van der Waals surface area contributed by atoms with E-state index in [1.807, 2.05) is 24.3 Å².